The van der Waals surface area contributed by atoms with E-state index in [-0.39, 0.29) is 17.5 Å². The van der Waals surface area contributed by atoms with Gasteiger partial charge >= 0.3 is 6.03 Å². The number of primary amides is 1. The highest BCUT2D eigenvalue weighted by Gasteiger charge is 2.47. The number of thiazole rings is 1. The third kappa shape index (κ3) is 2.95. The third-order valence-electron chi connectivity index (χ3n) is 4.93. The Hall–Kier alpha value is -1.63. The smallest absolute Gasteiger partial charge is 0.312 e. The number of aryl methyl sites for hydroxylation is 1. The molecule has 2 heterocycles. The molecule has 1 aromatic rings. The number of nitrogens with two attached hydrogens (primary N) is 1. The van der Waals surface area contributed by atoms with E-state index in [4.69, 9.17) is 5.73 Å². The molecule has 1 spiro atoms. The summed E-state index contributed by atoms with van der Waals surface area (Å²) in [6.07, 6.45) is 5.14. The summed E-state index contributed by atoms with van der Waals surface area (Å²) in [6.45, 7) is 2.59. The Morgan fingerprint density at radius 2 is 2.23 bits per heavy atom. The van der Waals surface area contributed by atoms with Gasteiger partial charge in [0.1, 0.15) is 0 Å². The van der Waals surface area contributed by atoms with Gasteiger partial charge < -0.3 is 16.0 Å². The summed E-state index contributed by atoms with van der Waals surface area (Å²) in [6, 6.07) is -0.319. The zero-order valence-electron chi connectivity index (χ0n) is 12.8. The molecule has 6 nitrogen and oxygen atoms in total. The maximum atomic E-state index is 12.3. The third-order valence-corrected chi connectivity index (χ3v) is 5.75. The van der Waals surface area contributed by atoms with E-state index in [1.807, 2.05) is 17.2 Å². The summed E-state index contributed by atoms with van der Waals surface area (Å²) >= 11 is 1.62. The number of urea groups is 1. The van der Waals surface area contributed by atoms with Crippen molar-refractivity contribution in [1.82, 2.24) is 15.2 Å². The van der Waals surface area contributed by atoms with E-state index in [0.717, 1.165) is 42.8 Å². The van der Waals surface area contributed by atoms with Crippen molar-refractivity contribution in [2.45, 2.75) is 63.6 Å². The number of aromatic nitrogens is 1. The molecule has 3 N–H and O–H groups in total. The highest BCUT2D eigenvalue weighted by atomic mass is 32.1. The Bertz CT molecular complexity index is 578. The van der Waals surface area contributed by atoms with Crippen LogP contribution in [0, 0.1) is 6.92 Å². The molecule has 2 fully saturated rings. The van der Waals surface area contributed by atoms with Crippen molar-refractivity contribution in [2.75, 3.05) is 0 Å². The minimum absolute atomic E-state index is 0.0512. The van der Waals surface area contributed by atoms with Gasteiger partial charge in [0.15, 0.2) is 0 Å². The molecule has 0 bridgehead atoms. The monoisotopic (exact) mass is 322 g/mol. The fourth-order valence-electron chi connectivity index (χ4n) is 3.79. The summed E-state index contributed by atoms with van der Waals surface area (Å²) < 4.78 is 0. The van der Waals surface area contributed by atoms with Crippen LogP contribution in [0.3, 0.4) is 0 Å². The Kier molecular flexibility index (Phi) is 4.08. The minimum Gasteiger partial charge on any atom is -0.352 e. The van der Waals surface area contributed by atoms with E-state index in [0.29, 0.717) is 13.0 Å². The van der Waals surface area contributed by atoms with Gasteiger partial charge in [0.05, 0.1) is 17.2 Å². The lowest BCUT2D eigenvalue weighted by Gasteiger charge is -2.43. The quantitative estimate of drug-likeness (QED) is 0.891. The van der Waals surface area contributed by atoms with Gasteiger partial charge in [0.25, 0.3) is 0 Å². The predicted molar refractivity (Wildman–Crippen MR) is 84.3 cm³/mol. The summed E-state index contributed by atoms with van der Waals surface area (Å²) in [5, 5.41) is 5.86. The van der Waals surface area contributed by atoms with Crippen molar-refractivity contribution in [1.29, 1.82) is 0 Å². The van der Waals surface area contributed by atoms with Crippen molar-refractivity contribution in [3.63, 3.8) is 0 Å². The lowest BCUT2D eigenvalue weighted by molar-refractivity contribution is -0.133. The van der Waals surface area contributed by atoms with Crippen LogP contribution >= 0.6 is 11.3 Å². The molecular formula is C15H22N4O2S. The molecule has 1 aliphatic carbocycles. The Balaban J connectivity index is 1.69. The average molecular weight is 322 g/mol. The number of amides is 3. The first-order valence-corrected chi connectivity index (χ1v) is 8.64. The molecule has 0 atom stereocenters. The molecule has 1 aromatic heterocycles. The number of carbonyl (C=O) groups excluding carboxylic acids is 2. The maximum Gasteiger partial charge on any atom is 0.312 e. The van der Waals surface area contributed by atoms with Crippen LogP contribution in [0.4, 0.5) is 4.79 Å². The molecular weight excluding hydrogens is 300 g/mol. The first-order valence-electron chi connectivity index (χ1n) is 7.76. The largest absolute Gasteiger partial charge is 0.352 e. The fourth-order valence-corrected chi connectivity index (χ4v) is 4.40. The topological polar surface area (TPSA) is 88.3 Å². The zero-order valence-corrected chi connectivity index (χ0v) is 13.6. The number of nitrogens with zero attached hydrogens (tertiary/aromatic N) is 2. The van der Waals surface area contributed by atoms with E-state index in [1.165, 1.54) is 0 Å². The van der Waals surface area contributed by atoms with E-state index in [2.05, 4.69) is 10.3 Å². The van der Waals surface area contributed by atoms with Crippen LogP contribution in [-0.4, -0.2) is 33.4 Å². The second-order valence-electron chi connectivity index (χ2n) is 6.34. The van der Waals surface area contributed by atoms with E-state index >= 15 is 0 Å². The molecule has 0 aromatic carbocycles. The number of rotatable bonds is 3. The number of likely N-dealkylation sites (tertiary alicyclic amines) is 1. The van der Waals surface area contributed by atoms with Gasteiger partial charge in [0.2, 0.25) is 5.91 Å². The van der Waals surface area contributed by atoms with Crippen molar-refractivity contribution in [3.05, 3.63) is 16.1 Å². The molecule has 1 aliphatic heterocycles. The summed E-state index contributed by atoms with van der Waals surface area (Å²) in [4.78, 5) is 29.8. The molecule has 0 unspecified atom stereocenters. The van der Waals surface area contributed by atoms with Crippen LogP contribution in [0.1, 0.15) is 49.2 Å². The molecule has 7 heteroatoms. The van der Waals surface area contributed by atoms with Crippen LogP contribution in [0.15, 0.2) is 5.38 Å². The van der Waals surface area contributed by atoms with Crippen LogP contribution in [0.5, 0.6) is 0 Å². The SMILES string of the molecule is Cc1nc(CN2C(=O)CCC23CCC(NC(N)=O)CC3)cs1. The number of hydrogen-bond donors (Lipinski definition) is 2. The molecule has 1 saturated heterocycles. The predicted octanol–water partition coefficient (Wildman–Crippen LogP) is 1.92. The Morgan fingerprint density at radius 1 is 1.50 bits per heavy atom. The van der Waals surface area contributed by atoms with Gasteiger partial charge in [-0.1, -0.05) is 0 Å². The zero-order chi connectivity index (χ0) is 15.7. The molecule has 0 radical (unpaired) electrons. The molecule has 3 rings (SSSR count). The van der Waals surface area contributed by atoms with Crippen molar-refractivity contribution >= 4 is 23.3 Å². The molecule has 3 amide bonds. The van der Waals surface area contributed by atoms with Crippen molar-refractivity contribution in [2.24, 2.45) is 5.73 Å². The van der Waals surface area contributed by atoms with Gasteiger partial charge in [-0.25, -0.2) is 9.78 Å². The number of nitrogens with one attached hydrogen (secondary N) is 1. The maximum absolute atomic E-state index is 12.3. The van der Waals surface area contributed by atoms with Crippen LogP contribution in [0.2, 0.25) is 0 Å². The van der Waals surface area contributed by atoms with Crippen LogP contribution in [0.25, 0.3) is 0 Å². The summed E-state index contributed by atoms with van der Waals surface area (Å²) in [5.74, 6) is 0.229. The first kappa shape index (κ1) is 15.3. The lowest BCUT2D eigenvalue weighted by atomic mass is 9.77. The molecule has 1 saturated carbocycles. The number of hydrogen-bond acceptors (Lipinski definition) is 4. The highest BCUT2D eigenvalue weighted by Crippen LogP contribution is 2.43. The summed E-state index contributed by atoms with van der Waals surface area (Å²) in [7, 11) is 0. The standard InChI is InChI=1S/C15H22N4O2S/c1-10-17-12(9-22-10)8-19-13(20)4-7-15(19)5-2-11(3-6-15)18-14(16)21/h9,11H,2-8H2,1H3,(H3,16,18,21). The van der Waals surface area contributed by atoms with Gasteiger partial charge in [-0.2, -0.15) is 0 Å². The van der Waals surface area contributed by atoms with Crippen molar-refractivity contribution < 1.29 is 9.59 Å². The van der Waals surface area contributed by atoms with Crippen LogP contribution < -0.4 is 11.1 Å². The highest BCUT2D eigenvalue weighted by molar-refractivity contribution is 7.09. The molecule has 120 valence electrons. The lowest BCUT2D eigenvalue weighted by Crippen LogP contribution is -2.51. The number of carbonyl (C=O) groups is 2. The minimum atomic E-state index is -0.460. The molecule has 2 aliphatic rings. The molecule has 22 heavy (non-hydrogen) atoms. The van der Waals surface area contributed by atoms with Gasteiger partial charge in [0, 0.05) is 23.4 Å². The summed E-state index contributed by atoms with van der Waals surface area (Å²) in [5.41, 5.74) is 6.13. The Labute approximate surface area is 134 Å². The second-order valence-corrected chi connectivity index (χ2v) is 7.41. The second kappa shape index (κ2) is 5.87. The fraction of sp³-hybridized carbons (Fsp3) is 0.667. The first-order chi connectivity index (χ1) is 10.5. The normalized spacial score (nSPS) is 28.3. The van der Waals surface area contributed by atoms with Gasteiger partial charge in [-0.3, -0.25) is 4.79 Å². The van der Waals surface area contributed by atoms with E-state index in [9.17, 15) is 9.59 Å². The van der Waals surface area contributed by atoms with Crippen LogP contribution in [-0.2, 0) is 11.3 Å². The van der Waals surface area contributed by atoms with E-state index in [1.54, 1.807) is 11.3 Å². The Morgan fingerprint density at radius 3 is 2.82 bits per heavy atom. The van der Waals surface area contributed by atoms with Gasteiger partial charge in [-0.05, 0) is 39.0 Å². The average Bonchev–Trinajstić information content (AvgIpc) is 3.00. The van der Waals surface area contributed by atoms with Gasteiger partial charge in [-0.15, -0.1) is 11.3 Å². The van der Waals surface area contributed by atoms with E-state index < -0.39 is 6.03 Å². The van der Waals surface area contributed by atoms with Crippen molar-refractivity contribution in [3.8, 4) is 0 Å².